The lowest BCUT2D eigenvalue weighted by atomic mass is 9.66. The summed E-state index contributed by atoms with van der Waals surface area (Å²) in [5.74, 6) is -4.55. The van der Waals surface area contributed by atoms with Crippen molar-refractivity contribution in [2.45, 2.75) is 98.3 Å². The average Bonchev–Trinajstić information content (AvgIpc) is 3.34. The van der Waals surface area contributed by atoms with E-state index in [1.807, 2.05) is 29.0 Å². The summed E-state index contributed by atoms with van der Waals surface area (Å²) < 4.78 is 119. The average molecular weight is 1120 g/mol. The van der Waals surface area contributed by atoms with Crippen LogP contribution in [0.1, 0.15) is 81.6 Å². The summed E-state index contributed by atoms with van der Waals surface area (Å²) >= 11 is 7.08. The molecule has 402 valence electrons. The van der Waals surface area contributed by atoms with E-state index in [1.165, 1.54) is 23.8 Å². The molecule has 0 bridgehead atoms. The number of piperidine rings is 1. The number of hydrogen-bond donors (Lipinski definition) is 5. The van der Waals surface area contributed by atoms with Crippen LogP contribution in [0.3, 0.4) is 0 Å². The molecule has 4 aromatic rings. The van der Waals surface area contributed by atoms with Crippen LogP contribution in [0.5, 0.6) is 0 Å². The molecule has 0 spiro atoms. The molecule has 6 atom stereocenters. The van der Waals surface area contributed by atoms with Gasteiger partial charge in [-0.3, -0.25) is 14.2 Å². The van der Waals surface area contributed by atoms with E-state index in [0.29, 0.717) is 52.4 Å². The van der Waals surface area contributed by atoms with Crippen LogP contribution in [0, 0.1) is 23.2 Å². The number of allylic oxidation sites excluding steroid dienone is 2. The second kappa shape index (κ2) is 23.8. The van der Waals surface area contributed by atoms with Crippen LogP contribution in [-0.2, 0) is 34.1 Å². The van der Waals surface area contributed by atoms with Crippen molar-refractivity contribution in [3.05, 3.63) is 125 Å². The van der Waals surface area contributed by atoms with Crippen molar-refractivity contribution >= 4 is 79.8 Å². The summed E-state index contributed by atoms with van der Waals surface area (Å²) in [7, 11) is -16.2. The number of nitrogens with zero attached hydrogens (tertiary/aromatic N) is 2. The summed E-state index contributed by atoms with van der Waals surface area (Å²) in [6, 6.07) is 26.4. The Bertz CT molecular complexity index is 2920. The first-order valence-electron chi connectivity index (χ1n) is 24.3. The summed E-state index contributed by atoms with van der Waals surface area (Å²) in [4.78, 5) is 47.7. The summed E-state index contributed by atoms with van der Waals surface area (Å²) in [5, 5.41) is 6.14. The molecule has 5 unspecified atom stereocenters. The minimum atomic E-state index is -6.18. The number of alkyl halides is 3. The van der Waals surface area contributed by atoms with Crippen LogP contribution in [0.2, 0.25) is 5.02 Å². The molecule has 23 heteroatoms. The maximum absolute atomic E-state index is 14.9. The largest absolute Gasteiger partial charge is 0.501 e. The SMILES string of the molecule is C[C@H](OC(=O)C1CCNCC1CCCC(Sc1ccccc1)N(c1ccccc1S(=O)(=O)C(F)(F)F)S(=O)(=O)NC(=O)c1ccc(N2CCNC(CC3CC(c4ccc(Cl)cc4)=CCC3(C)C)C2)cc1)P(=O)(O)O. The molecular formula is C51H62ClF3N5O10PS3. The first-order chi connectivity index (χ1) is 34.8. The van der Waals surface area contributed by atoms with Crippen LogP contribution < -0.4 is 24.6 Å². The monoisotopic (exact) mass is 1120 g/mol. The Kier molecular flexibility index (Phi) is 18.5. The summed E-state index contributed by atoms with van der Waals surface area (Å²) in [6.07, 6.45) is 5.49. The molecule has 4 aromatic carbocycles. The van der Waals surface area contributed by atoms with Crippen LogP contribution >= 0.6 is 31.0 Å². The highest BCUT2D eigenvalue weighted by Gasteiger charge is 2.50. The number of thioether (sulfide) groups is 1. The normalized spacial score (nSPS) is 21.5. The molecule has 2 saturated heterocycles. The number of amides is 1. The second-order valence-corrected chi connectivity index (χ2v) is 26.7. The van der Waals surface area contributed by atoms with E-state index >= 15 is 0 Å². The van der Waals surface area contributed by atoms with Gasteiger partial charge in [-0.2, -0.15) is 21.6 Å². The fraction of sp³-hybridized carbons (Fsp3) is 0.451. The third-order valence-electron chi connectivity index (χ3n) is 14.1. The van der Waals surface area contributed by atoms with Crippen molar-refractivity contribution in [1.82, 2.24) is 15.4 Å². The third-order valence-corrected chi connectivity index (χ3v) is 19.8. The Morgan fingerprint density at radius 3 is 2.32 bits per heavy atom. The molecule has 3 aliphatic rings. The Hall–Kier alpha value is -4.44. The molecule has 15 nitrogen and oxygen atoms in total. The fourth-order valence-electron chi connectivity index (χ4n) is 9.82. The maximum atomic E-state index is 14.9. The highest BCUT2D eigenvalue weighted by molar-refractivity contribution is 8.01. The van der Waals surface area contributed by atoms with Crippen LogP contribution in [0.15, 0.2) is 119 Å². The Morgan fingerprint density at radius 1 is 0.973 bits per heavy atom. The highest BCUT2D eigenvalue weighted by Crippen LogP contribution is 2.46. The summed E-state index contributed by atoms with van der Waals surface area (Å²) in [5.41, 5.74) is -3.49. The zero-order chi connectivity index (χ0) is 53.6. The number of piperazine rings is 1. The molecule has 74 heavy (non-hydrogen) atoms. The van der Waals surface area contributed by atoms with E-state index in [2.05, 4.69) is 35.5 Å². The number of sulfone groups is 1. The number of anilines is 2. The van der Waals surface area contributed by atoms with Crippen molar-refractivity contribution in [1.29, 1.82) is 0 Å². The lowest BCUT2D eigenvalue weighted by Gasteiger charge is -2.43. The number of para-hydroxylation sites is 1. The van der Waals surface area contributed by atoms with E-state index in [1.54, 1.807) is 42.5 Å². The van der Waals surface area contributed by atoms with Crippen molar-refractivity contribution in [3.8, 4) is 0 Å². The quantitative estimate of drug-likeness (QED) is 0.0256. The van der Waals surface area contributed by atoms with Gasteiger partial charge in [0, 0.05) is 46.8 Å². The van der Waals surface area contributed by atoms with Crippen LogP contribution in [-0.4, -0.2) is 94.0 Å². The maximum Gasteiger partial charge on any atom is 0.501 e. The Labute approximate surface area is 440 Å². The van der Waals surface area contributed by atoms with Crippen LogP contribution in [0.25, 0.3) is 5.57 Å². The number of halogens is 4. The van der Waals surface area contributed by atoms with Crippen molar-refractivity contribution in [3.63, 3.8) is 0 Å². The molecule has 0 saturated carbocycles. The minimum absolute atomic E-state index is 0.0614. The second-order valence-electron chi connectivity index (χ2n) is 19.7. The van der Waals surface area contributed by atoms with Gasteiger partial charge in [-0.05, 0) is 148 Å². The van der Waals surface area contributed by atoms with Gasteiger partial charge in [-0.1, -0.05) is 92.2 Å². The third kappa shape index (κ3) is 14.1. The number of ether oxygens (including phenoxy) is 1. The molecule has 1 aliphatic carbocycles. The number of nitrogens with one attached hydrogen (secondary N) is 3. The predicted molar refractivity (Wildman–Crippen MR) is 282 cm³/mol. The molecule has 2 aliphatic heterocycles. The molecule has 7 rings (SSSR count). The van der Waals surface area contributed by atoms with Gasteiger partial charge < -0.3 is 30.1 Å². The van der Waals surface area contributed by atoms with E-state index < -0.39 is 78.7 Å². The summed E-state index contributed by atoms with van der Waals surface area (Å²) in [6.45, 7) is 8.36. The molecule has 0 aromatic heterocycles. The van der Waals surface area contributed by atoms with Crippen molar-refractivity contribution < 1.29 is 58.7 Å². The minimum Gasteiger partial charge on any atom is -0.449 e. The fourth-order valence-corrected chi connectivity index (χ4v) is 14.1. The van der Waals surface area contributed by atoms with Crippen molar-refractivity contribution in [2.24, 2.45) is 23.2 Å². The number of benzene rings is 4. The molecule has 2 heterocycles. The number of carbonyl (C=O) groups excluding carboxylic acids is 2. The zero-order valence-corrected chi connectivity index (χ0v) is 45.2. The molecule has 2 fully saturated rings. The first kappa shape index (κ1) is 57.3. The first-order valence-corrected chi connectivity index (χ1v) is 30.2. The van der Waals surface area contributed by atoms with Gasteiger partial charge in [0.25, 0.3) is 15.7 Å². The molecular weight excluding hydrogens is 1060 g/mol. The standard InChI is InChI=1S/C51H62ClF3N5O10PS3/c1-34(71(63,64)65)70-49(62)44-25-27-56-32-38(44)10-9-15-47(72-43-11-5-4-6-12-43)60(45-13-7-8-14-46(45)73(66,67)51(53,54)55)74(68,69)58-48(61)36-18-22-42(23-19-36)59-29-28-57-41(33-59)31-39-30-37(24-26-50(39,2)3)35-16-20-40(52)21-17-35/h4-8,11-14,16-24,34,38-39,41,44,47,56-57H,9-10,15,25-33H2,1-3H3,(H,58,61)(H2,63,64,65)/t34-,38?,39?,41?,44?,47?/m1/s1. The van der Waals surface area contributed by atoms with Gasteiger partial charge in [-0.15, -0.1) is 0 Å². The van der Waals surface area contributed by atoms with Gasteiger partial charge in [-0.25, -0.2) is 17.4 Å². The number of rotatable bonds is 19. The Balaban J connectivity index is 1.13. The van der Waals surface area contributed by atoms with E-state index in [0.717, 1.165) is 61.3 Å². The van der Waals surface area contributed by atoms with E-state index in [-0.39, 0.29) is 49.2 Å². The Morgan fingerprint density at radius 2 is 1.65 bits per heavy atom. The topological polar surface area (TPSA) is 212 Å². The number of hydrogen-bond acceptors (Lipinski definition) is 12. The van der Waals surface area contributed by atoms with Gasteiger partial charge in [0.15, 0.2) is 5.85 Å². The molecule has 0 radical (unpaired) electrons. The van der Waals surface area contributed by atoms with E-state index in [9.17, 15) is 53.9 Å². The zero-order valence-electron chi connectivity index (χ0n) is 41.1. The van der Waals surface area contributed by atoms with Crippen molar-refractivity contribution in [2.75, 3.05) is 41.9 Å². The van der Waals surface area contributed by atoms with Gasteiger partial charge in [0.2, 0.25) is 0 Å². The van der Waals surface area contributed by atoms with Crippen LogP contribution in [0.4, 0.5) is 24.5 Å². The van der Waals surface area contributed by atoms with Gasteiger partial charge in [0.05, 0.1) is 17.0 Å². The van der Waals surface area contributed by atoms with E-state index in [4.69, 9.17) is 16.3 Å². The van der Waals surface area contributed by atoms with Gasteiger partial charge in [0.1, 0.15) is 4.90 Å². The van der Waals surface area contributed by atoms with Gasteiger partial charge >= 0.3 is 29.3 Å². The molecule has 1 amide bonds. The lowest BCUT2D eigenvalue weighted by Crippen LogP contribution is -2.52. The number of esters is 1. The lowest BCUT2D eigenvalue weighted by molar-refractivity contribution is -0.153. The smallest absolute Gasteiger partial charge is 0.449 e. The molecule has 5 N–H and O–H groups in total. The predicted octanol–water partition coefficient (Wildman–Crippen LogP) is 9.38. The highest BCUT2D eigenvalue weighted by atomic mass is 35.5. The number of carbonyl (C=O) groups is 2.